The number of furan rings is 1. The Labute approximate surface area is 174 Å². The van der Waals surface area contributed by atoms with Crippen LogP contribution in [0.4, 0.5) is 18.9 Å². The minimum Gasteiger partial charge on any atom is -0.455 e. The zero-order chi connectivity index (χ0) is 21.4. The van der Waals surface area contributed by atoms with Crippen molar-refractivity contribution in [1.29, 1.82) is 0 Å². The van der Waals surface area contributed by atoms with Gasteiger partial charge in [0.15, 0.2) is 11.5 Å². The summed E-state index contributed by atoms with van der Waals surface area (Å²) in [5.74, 6) is -0.415. The van der Waals surface area contributed by atoms with Crippen LogP contribution in [0.5, 0.6) is 0 Å². The number of carbonyl (C=O) groups excluding carboxylic acids is 1. The normalized spacial score (nSPS) is 28.6. The quantitative estimate of drug-likeness (QED) is 0.722. The molecule has 4 heterocycles. The Hall–Kier alpha value is -3.20. The van der Waals surface area contributed by atoms with Crippen LogP contribution in [0, 0.1) is 5.92 Å². The van der Waals surface area contributed by atoms with Gasteiger partial charge in [-0.15, -0.1) is 0 Å². The first kappa shape index (κ1) is 18.6. The Bertz CT molecular complexity index is 1150. The van der Waals surface area contributed by atoms with Gasteiger partial charge in [-0.3, -0.25) is 4.79 Å². The highest BCUT2D eigenvalue weighted by Gasteiger charge is 2.62. The number of hydrogen-bond acceptors (Lipinski definition) is 5. The third-order valence-electron chi connectivity index (χ3n) is 6.30. The predicted molar refractivity (Wildman–Crippen MR) is 99.5 cm³/mol. The number of amides is 1. The van der Waals surface area contributed by atoms with Crippen molar-refractivity contribution in [2.45, 2.75) is 24.2 Å². The topological polar surface area (TPSA) is 61.1 Å². The minimum absolute atomic E-state index is 0.0553. The maximum atomic E-state index is 13.8. The van der Waals surface area contributed by atoms with Crippen molar-refractivity contribution >= 4 is 11.6 Å². The summed E-state index contributed by atoms with van der Waals surface area (Å²) in [7, 11) is 0. The van der Waals surface area contributed by atoms with E-state index in [1.165, 1.54) is 11.0 Å². The number of benzene rings is 1. The summed E-state index contributed by atoms with van der Waals surface area (Å²) in [6, 6.07) is 9.41. The van der Waals surface area contributed by atoms with Crippen molar-refractivity contribution in [2.75, 3.05) is 18.3 Å². The van der Waals surface area contributed by atoms with E-state index in [4.69, 9.17) is 18.6 Å². The van der Waals surface area contributed by atoms with Crippen LogP contribution in [0.25, 0.3) is 0 Å². The van der Waals surface area contributed by atoms with Gasteiger partial charge in [0, 0.05) is 11.6 Å². The van der Waals surface area contributed by atoms with Gasteiger partial charge in [0.25, 0.3) is 0 Å². The molecule has 1 aliphatic carbocycles. The van der Waals surface area contributed by atoms with Crippen molar-refractivity contribution in [3.05, 3.63) is 77.2 Å². The summed E-state index contributed by atoms with van der Waals surface area (Å²) >= 11 is 0. The first-order valence-corrected chi connectivity index (χ1v) is 9.76. The summed E-state index contributed by atoms with van der Waals surface area (Å²) in [4.78, 5) is 15.3. The predicted octanol–water partition coefficient (Wildman–Crippen LogP) is 3.88. The molecule has 31 heavy (non-hydrogen) atoms. The van der Waals surface area contributed by atoms with Gasteiger partial charge in [0.2, 0.25) is 18.5 Å². The van der Waals surface area contributed by atoms with Gasteiger partial charge < -0.3 is 23.5 Å². The first-order chi connectivity index (χ1) is 14.9. The fourth-order valence-electron chi connectivity index (χ4n) is 4.91. The van der Waals surface area contributed by atoms with Gasteiger partial charge in [-0.25, -0.2) is 0 Å². The second-order valence-electron chi connectivity index (χ2n) is 7.91. The van der Waals surface area contributed by atoms with Crippen molar-refractivity contribution in [3.8, 4) is 0 Å². The molecule has 2 fully saturated rings. The molecule has 4 aliphatic rings. The third-order valence-corrected chi connectivity index (χ3v) is 6.30. The summed E-state index contributed by atoms with van der Waals surface area (Å²) in [6.07, 6.45) is -1.26. The molecule has 1 amide bonds. The molecule has 2 aromatic rings. The van der Waals surface area contributed by atoms with E-state index in [1.807, 2.05) is 24.3 Å². The third kappa shape index (κ3) is 2.52. The fourth-order valence-corrected chi connectivity index (χ4v) is 4.91. The number of ether oxygens (including phenoxy) is 3. The van der Waals surface area contributed by atoms with E-state index >= 15 is 0 Å². The highest BCUT2D eigenvalue weighted by atomic mass is 19.4. The van der Waals surface area contributed by atoms with Gasteiger partial charge in [-0.05, 0) is 35.9 Å². The van der Waals surface area contributed by atoms with Crippen LogP contribution < -0.4 is 4.90 Å². The first-order valence-electron chi connectivity index (χ1n) is 9.76. The van der Waals surface area contributed by atoms with E-state index in [0.29, 0.717) is 17.2 Å². The molecule has 6 nitrogen and oxygen atoms in total. The Morgan fingerprint density at radius 2 is 1.84 bits per heavy atom. The lowest BCUT2D eigenvalue weighted by Crippen LogP contribution is -2.46. The van der Waals surface area contributed by atoms with Crippen LogP contribution in [-0.2, 0) is 37.1 Å². The molecule has 0 bridgehead atoms. The molecule has 2 unspecified atom stereocenters. The number of fused-ring (bicyclic) bond motifs is 5. The number of hydrogen-bond donors (Lipinski definition) is 0. The zero-order valence-electron chi connectivity index (χ0n) is 16.0. The molecule has 160 valence electrons. The molecule has 1 aromatic carbocycles. The van der Waals surface area contributed by atoms with E-state index in [0.717, 1.165) is 11.6 Å². The second-order valence-corrected chi connectivity index (χ2v) is 7.91. The van der Waals surface area contributed by atoms with Crippen LogP contribution in [-0.4, -0.2) is 25.4 Å². The lowest BCUT2D eigenvalue weighted by atomic mass is 9.70. The Morgan fingerprint density at radius 3 is 2.61 bits per heavy atom. The van der Waals surface area contributed by atoms with Gasteiger partial charge in [-0.1, -0.05) is 18.2 Å². The molecular weight excluding hydrogens is 415 g/mol. The Morgan fingerprint density at radius 1 is 1.06 bits per heavy atom. The van der Waals surface area contributed by atoms with Crippen LogP contribution in [0.1, 0.15) is 17.1 Å². The van der Waals surface area contributed by atoms with Crippen molar-refractivity contribution in [3.63, 3.8) is 0 Å². The molecule has 3 atom stereocenters. The second kappa shape index (κ2) is 6.16. The monoisotopic (exact) mass is 431 g/mol. The number of anilines is 1. The van der Waals surface area contributed by atoms with Crippen molar-refractivity contribution in [1.82, 2.24) is 0 Å². The van der Waals surface area contributed by atoms with Crippen LogP contribution in [0.3, 0.4) is 0 Å². The molecule has 0 radical (unpaired) electrons. The van der Waals surface area contributed by atoms with Crippen molar-refractivity contribution in [2.24, 2.45) is 5.92 Å². The smallest absolute Gasteiger partial charge is 0.449 e. The average molecular weight is 431 g/mol. The van der Waals surface area contributed by atoms with Crippen molar-refractivity contribution < 1.29 is 36.6 Å². The standard InChI is InChI=1S/C22H16F3NO5/c23-22(24,25)19-6-5-12(31-19)9-26-15-4-2-1-3-13(15)21(20(26)27)10-28-16-8-18-17(7-14(16)21)29-11-30-18/h1-8,14,16H,9-11H2/t14?,16?,21-/m1/s1. The van der Waals surface area contributed by atoms with Gasteiger partial charge in [0.05, 0.1) is 19.3 Å². The summed E-state index contributed by atoms with van der Waals surface area (Å²) in [5.41, 5.74) is 0.419. The number of para-hydroxylation sites is 1. The van der Waals surface area contributed by atoms with Gasteiger partial charge >= 0.3 is 6.18 Å². The van der Waals surface area contributed by atoms with Crippen LogP contribution >= 0.6 is 0 Å². The van der Waals surface area contributed by atoms with E-state index in [9.17, 15) is 18.0 Å². The van der Waals surface area contributed by atoms with E-state index in [2.05, 4.69) is 0 Å². The average Bonchev–Trinajstić information content (AvgIpc) is 3.50. The van der Waals surface area contributed by atoms with E-state index in [-0.39, 0.29) is 43.6 Å². The van der Waals surface area contributed by atoms with Gasteiger partial charge in [0.1, 0.15) is 11.2 Å². The number of halogens is 3. The number of rotatable bonds is 2. The fraction of sp³-hybridized carbons (Fsp3) is 0.318. The number of nitrogens with zero attached hydrogens (tertiary/aromatic N) is 1. The molecule has 3 aliphatic heterocycles. The SMILES string of the molecule is O=C1N(Cc2ccc(C(F)(F)F)o2)c2ccccc2[C@@]12COC1C=C3OCOC3=CC12. The summed E-state index contributed by atoms with van der Waals surface area (Å²) in [5, 5.41) is 0. The summed E-state index contributed by atoms with van der Waals surface area (Å²) < 4.78 is 60.7. The largest absolute Gasteiger partial charge is 0.455 e. The molecule has 6 rings (SSSR count). The number of carbonyl (C=O) groups is 1. The lowest BCUT2D eigenvalue weighted by Gasteiger charge is -2.29. The Balaban J connectivity index is 1.40. The molecule has 1 spiro atoms. The molecular formula is C22H16F3NO5. The number of alkyl halides is 3. The van der Waals surface area contributed by atoms with Gasteiger partial charge in [-0.2, -0.15) is 13.2 Å². The zero-order valence-corrected chi connectivity index (χ0v) is 16.0. The Kier molecular flexibility index (Phi) is 3.69. The highest BCUT2D eigenvalue weighted by molar-refractivity contribution is 6.09. The highest BCUT2D eigenvalue weighted by Crippen LogP contribution is 2.54. The van der Waals surface area contributed by atoms with E-state index in [1.54, 1.807) is 12.1 Å². The molecule has 0 N–H and O–H groups in total. The maximum absolute atomic E-state index is 13.8. The van der Waals surface area contributed by atoms with Crippen LogP contribution in [0.15, 0.2) is 64.5 Å². The summed E-state index contributed by atoms with van der Waals surface area (Å²) in [6.45, 7) is 0.150. The lowest BCUT2D eigenvalue weighted by molar-refractivity contribution is -0.153. The van der Waals surface area contributed by atoms with Crippen LogP contribution in [0.2, 0.25) is 0 Å². The minimum atomic E-state index is -4.58. The van der Waals surface area contributed by atoms with E-state index < -0.39 is 17.4 Å². The molecule has 0 saturated carbocycles. The molecule has 9 heteroatoms. The molecule has 2 saturated heterocycles. The molecule has 1 aromatic heterocycles. The maximum Gasteiger partial charge on any atom is 0.449 e.